The van der Waals surface area contributed by atoms with Gasteiger partial charge in [-0.1, -0.05) is 0 Å². The van der Waals surface area contributed by atoms with Crippen LogP contribution in [0.1, 0.15) is 42.6 Å². The van der Waals surface area contributed by atoms with Crippen molar-refractivity contribution in [3.8, 4) is 6.07 Å². The van der Waals surface area contributed by atoms with E-state index in [0.717, 1.165) is 12.8 Å². The lowest BCUT2D eigenvalue weighted by molar-refractivity contribution is 0.0993. The molecular weight excluding hydrogens is 418 g/mol. The average Bonchev–Trinajstić information content (AvgIpc) is 3.50. The molecule has 0 saturated heterocycles. The van der Waals surface area contributed by atoms with Gasteiger partial charge in [-0.15, -0.1) is 0 Å². The molecule has 4 N–H and O–H groups in total. The Bertz CT molecular complexity index is 1320. The van der Waals surface area contributed by atoms with E-state index in [9.17, 15) is 24.0 Å². The lowest BCUT2D eigenvalue weighted by Crippen LogP contribution is -2.15. The Morgan fingerprint density at radius 3 is 2.84 bits per heavy atom. The molecule has 2 aliphatic rings. The molecule has 1 aliphatic heterocycles. The monoisotopic (exact) mass is 439 g/mol. The van der Waals surface area contributed by atoms with E-state index in [2.05, 4.69) is 21.5 Å². The van der Waals surface area contributed by atoms with E-state index in [-0.39, 0.29) is 27.8 Å². The van der Waals surface area contributed by atoms with Crippen LogP contribution in [0, 0.1) is 17.2 Å². The van der Waals surface area contributed by atoms with Gasteiger partial charge < -0.3 is 10.3 Å². The molecule has 31 heavy (non-hydrogen) atoms. The van der Waals surface area contributed by atoms with Crippen molar-refractivity contribution < 1.29 is 13.9 Å². The molecule has 3 aromatic rings. The number of pyridine rings is 1. The highest BCUT2D eigenvalue weighted by Gasteiger charge is 2.41. The number of anilines is 2. The number of hydrogen-bond donors (Lipinski definition) is 4. The van der Waals surface area contributed by atoms with Crippen LogP contribution < -0.4 is 10.9 Å². The molecule has 1 aromatic carbocycles. The van der Waals surface area contributed by atoms with Crippen LogP contribution >= 0.6 is 10.6 Å². The second kappa shape index (κ2) is 6.95. The number of rotatable bonds is 5. The summed E-state index contributed by atoms with van der Waals surface area (Å²) in [5.41, 5.74) is 1.10. The van der Waals surface area contributed by atoms with Gasteiger partial charge in [0.1, 0.15) is 10.6 Å². The van der Waals surface area contributed by atoms with Gasteiger partial charge in [0.2, 0.25) is 0 Å². The minimum atomic E-state index is -3.16. The molecule has 1 unspecified atom stereocenters. The molecule has 0 bridgehead atoms. The predicted molar refractivity (Wildman–Crippen MR) is 117 cm³/mol. The summed E-state index contributed by atoms with van der Waals surface area (Å²) in [6, 6.07) is 8.60. The third-order valence-corrected chi connectivity index (χ3v) is 8.31. The standard InChI is InChI=1S/C21H21N5O4S/c1-11-19(27)14-10-13(4-5-17(14)31(11,29)30)24-20-18-16(7-9-23-21(18)28)26(25-20)15(6-8-22)12-2-3-12/h4-5,7,9-12,15,29-30H,2-3,6H2,1H3,(H,23,28)(H,24,25)/t11?,15-/m0/s1. The first kappa shape index (κ1) is 19.8. The van der Waals surface area contributed by atoms with E-state index in [1.54, 1.807) is 29.1 Å². The summed E-state index contributed by atoms with van der Waals surface area (Å²) in [7, 11) is -3.16. The van der Waals surface area contributed by atoms with Gasteiger partial charge in [0, 0.05) is 17.4 Å². The molecule has 1 fully saturated rings. The van der Waals surface area contributed by atoms with E-state index in [1.807, 2.05) is 0 Å². The number of hydrogen-bond acceptors (Lipinski definition) is 7. The lowest BCUT2D eigenvalue weighted by Gasteiger charge is -2.31. The predicted octanol–water partition coefficient (Wildman–Crippen LogP) is 4.03. The van der Waals surface area contributed by atoms with Crippen LogP contribution in [-0.2, 0) is 0 Å². The minimum Gasteiger partial charge on any atom is -0.338 e. The first-order chi connectivity index (χ1) is 14.8. The molecule has 0 spiro atoms. The van der Waals surface area contributed by atoms with Crippen molar-refractivity contribution in [3.05, 3.63) is 46.4 Å². The van der Waals surface area contributed by atoms with Crippen LogP contribution in [-0.4, -0.2) is 34.9 Å². The molecule has 9 nitrogen and oxygen atoms in total. The maximum atomic E-state index is 12.6. The molecule has 10 heteroatoms. The normalized spacial score (nSPS) is 21.5. The Labute approximate surface area is 179 Å². The molecular formula is C21H21N5O4S. The fourth-order valence-corrected chi connectivity index (χ4v) is 5.78. The third kappa shape index (κ3) is 3.05. The summed E-state index contributed by atoms with van der Waals surface area (Å²) in [4.78, 5) is 28.0. The molecule has 1 saturated carbocycles. The summed E-state index contributed by atoms with van der Waals surface area (Å²) in [6.45, 7) is 1.51. The molecule has 2 aromatic heterocycles. The van der Waals surface area contributed by atoms with Crippen LogP contribution in [0.5, 0.6) is 0 Å². The third-order valence-electron chi connectivity index (χ3n) is 6.10. The smallest absolute Gasteiger partial charge is 0.261 e. The van der Waals surface area contributed by atoms with Crippen molar-refractivity contribution in [2.75, 3.05) is 5.32 Å². The number of aromatic amines is 1. The number of benzene rings is 1. The molecule has 160 valence electrons. The van der Waals surface area contributed by atoms with Crippen LogP contribution in [0.15, 0.2) is 40.2 Å². The topological polar surface area (TPSA) is 144 Å². The van der Waals surface area contributed by atoms with Crippen molar-refractivity contribution >= 4 is 38.8 Å². The Hall–Kier alpha value is -3.13. The van der Waals surface area contributed by atoms with Gasteiger partial charge in [-0.25, -0.2) is 0 Å². The molecule has 5 rings (SSSR count). The zero-order chi connectivity index (χ0) is 21.9. The lowest BCUT2D eigenvalue weighted by atomic mass is 10.1. The maximum absolute atomic E-state index is 12.6. The number of carbonyl (C=O) groups excluding carboxylic acids is 1. The minimum absolute atomic E-state index is 0.111. The zero-order valence-electron chi connectivity index (χ0n) is 16.7. The van der Waals surface area contributed by atoms with Gasteiger partial charge in [0.25, 0.3) is 5.56 Å². The van der Waals surface area contributed by atoms with E-state index < -0.39 is 15.8 Å². The highest BCUT2D eigenvalue weighted by molar-refractivity contribution is 8.25. The number of nitrogens with zero attached hydrogens (tertiary/aromatic N) is 3. The van der Waals surface area contributed by atoms with E-state index in [4.69, 9.17) is 0 Å². The Morgan fingerprint density at radius 1 is 1.35 bits per heavy atom. The number of H-pyrrole nitrogens is 1. The maximum Gasteiger partial charge on any atom is 0.261 e. The molecule has 1 aliphatic carbocycles. The van der Waals surface area contributed by atoms with Gasteiger partial charge in [-0.05, 0) is 49.9 Å². The summed E-state index contributed by atoms with van der Waals surface area (Å²) in [5, 5.41) is 16.5. The molecule has 2 atom stereocenters. The molecule has 3 heterocycles. The Morgan fingerprint density at radius 2 is 2.13 bits per heavy atom. The Balaban J connectivity index is 1.59. The zero-order valence-corrected chi connectivity index (χ0v) is 17.5. The highest BCUT2D eigenvalue weighted by atomic mass is 32.3. The van der Waals surface area contributed by atoms with E-state index in [1.165, 1.54) is 13.0 Å². The number of nitriles is 1. The van der Waals surface area contributed by atoms with Crippen LogP contribution in [0.4, 0.5) is 11.5 Å². The van der Waals surface area contributed by atoms with Crippen LogP contribution in [0.2, 0.25) is 0 Å². The second-order valence-electron chi connectivity index (χ2n) is 8.06. The number of ketones is 1. The summed E-state index contributed by atoms with van der Waals surface area (Å²) in [5.74, 6) is 0.361. The molecule has 0 amide bonds. The first-order valence-corrected chi connectivity index (χ1v) is 11.6. The van der Waals surface area contributed by atoms with Crippen LogP contribution in [0.25, 0.3) is 10.9 Å². The van der Waals surface area contributed by atoms with E-state index >= 15 is 0 Å². The van der Waals surface area contributed by atoms with Crippen LogP contribution in [0.3, 0.4) is 0 Å². The molecule has 0 radical (unpaired) electrons. The number of aromatic nitrogens is 3. The quantitative estimate of drug-likeness (QED) is 0.470. The van der Waals surface area contributed by atoms with Gasteiger partial charge in [-0.2, -0.15) is 21.0 Å². The van der Waals surface area contributed by atoms with E-state index in [0.29, 0.717) is 34.7 Å². The first-order valence-electron chi connectivity index (χ1n) is 10.0. The largest absolute Gasteiger partial charge is 0.338 e. The van der Waals surface area contributed by atoms with Crippen molar-refractivity contribution in [2.24, 2.45) is 5.92 Å². The number of carbonyl (C=O) groups is 1. The highest BCUT2D eigenvalue weighted by Crippen LogP contribution is 2.59. The second-order valence-corrected chi connectivity index (χ2v) is 10.4. The van der Waals surface area contributed by atoms with Gasteiger partial charge in [0.05, 0.1) is 28.9 Å². The summed E-state index contributed by atoms with van der Waals surface area (Å²) < 4.78 is 22.4. The fraction of sp³-hybridized carbons (Fsp3) is 0.333. The number of nitrogens with one attached hydrogen (secondary N) is 2. The van der Waals surface area contributed by atoms with Crippen molar-refractivity contribution in [1.82, 2.24) is 14.8 Å². The fourth-order valence-electron chi connectivity index (χ4n) is 4.22. The Kier molecular flexibility index (Phi) is 4.44. The SMILES string of the molecule is CC1C(=O)c2cc(Nc3nn([C@@H](CC#N)C4CC4)c4cc[nH]c(=O)c34)ccc2S1(O)O. The van der Waals surface area contributed by atoms with Gasteiger partial charge in [-0.3, -0.25) is 23.4 Å². The van der Waals surface area contributed by atoms with Crippen molar-refractivity contribution in [1.29, 1.82) is 5.26 Å². The van der Waals surface area contributed by atoms with Crippen molar-refractivity contribution in [3.63, 3.8) is 0 Å². The van der Waals surface area contributed by atoms with Gasteiger partial charge in [0.15, 0.2) is 11.6 Å². The van der Waals surface area contributed by atoms with Gasteiger partial charge >= 0.3 is 0 Å². The summed E-state index contributed by atoms with van der Waals surface area (Å²) >= 11 is 0. The number of Topliss-reactive ketones (excluding diaryl/α,β-unsaturated/α-hetero) is 1. The van der Waals surface area contributed by atoms with Crippen molar-refractivity contribution in [2.45, 2.75) is 42.4 Å². The number of fused-ring (bicyclic) bond motifs is 2. The average molecular weight is 439 g/mol. The summed E-state index contributed by atoms with van der Waals surface area (Å²) in [6.07, 6.45) is 3.91.